The van der Waals surface area contributed by atoms with Gasteiger partial charge >= 0.3 is 0 Å². The molecule has 0 aromatic heterocycles. The van der Waals surface area contributed by atoms with Gasteiger partial charge in [-0.15, -0.1) is 0 Å². The van der Waals surface area contributed by atoms with Crippen molar-refractivity contribution in [3.05, 3.63) is 12.2 Å². The number of carbonyl (C=O) groups is 1. The van der Waals surface area contributed by atoms with Crippen LogP contribution in [0.3, 0.4) is 0 Å². The third-order valence-electron chi connectivity index (χ3n) is 4.46. The Morgan fingerprint density at radius 3 is 1.88 bits per heavy atom. The number of aliphatic hydroxyl groups is 2. The highest BCUT2D eigenvalue weighted by Gasteiger charge is 2.17. The fraction of sp³-hybridized carbons (Fsp3) is 0.850. The van der Waals surface area contributed by atoms with E-state index in [2.05, 4.69) is 19.1 Å². The average Bonchev–Trinajstić information content (AvgIpc) is 2.53. The number of hydrogen-bond acceptors (Lipinski definition) is 3. The lowest BCUT2D eigenvalue weighted by atomic mass is 9.96. The van der Waals surface area contributed by atoms with Gasteiger partial charge in [-0.25, -0.2) is 0 Å². The summed E-state index contributed by atoms with van der Waals surface area (Å²) in [5.74, 6) is -0.844. The van der Waals surface area contributed by atoms with Gasteiger partial charge in [0.1, 0.15) is 0 Å². The van der Waals surface area contributed by atoms with Crippen molar-refractivity contribution in [3.63, 3.8) is 0 Å². The van der Waals surface area contributed by atoms with Crippen molar-refractivity contribution in [3.8, 4) is 0 Å². The van der Waals surface area contributed by atoms with Gasteiger partial charge in [-0.3, -0.25) is 4.79 Å². The Kier molecular flexibility index (Phi) is 16.4. The van der Waals surface area contributed by atoms with Gasteiger partial charge in [-0.2, -0.15) is 0 Å². The first-order chi connectivity index (χ1) is 11.6. The minimum absolute atomic E-state index is 0.0521. The first kappa shape index (κ1) is 23.1. The minimum Gasteiger partial charge on any atom is -0.369 e. The number of aliphatic hydroxyl groups excluding tert-OH is 1. The zero-order chi connectivity index (χ0) is 18.0. The monoisotopic (exact) mass is 341 g/mol. The van der Waals surface area contributed by atoms with Gasteiger partial charge in [0, 0.05) is 12.3 Å². The van der Waals surface area contributed by atoms with Crippen molar-refractivity contribution >= 4 is 5.91 Å². The number of nitrogens with two attached hydrogens (primary N) is 1. The minimum atomic E-state index is -1.45. The molecule has 0 rings (SSSR count). The molecule has 0 aliphatic carbocycles. The molecule has 1 atom stereocenters. The molecular weight excluding hydrogens is 302 g/mol. The van der Waals surface area contributed by atoms with E-state index >= 15 is 0 Å². The average molecular weight is 342 g/mol. The summed E-state index contributed by atoms with van der Waals surface area (Å²) in [5, 5.41) is 17.9. The molecule has 0 fully saturated rings. The number of amides is 1. The third-order valence-corrected chi connectivity index (χ3v) is 4.46. The largest absolute Gasteiger partial charge is 0.369 e. The predicted octanol–water partition coefficient (Wildman–Crippen LogP) is 4.44. The molecule has 142 valence electrons. The molecule has 0 saturated heterocycles. The van der Waals surface area contributed by atoms with Crippen molar-refractivity contribution in [2.45, 2.75) is 103 Å². The maximum absolute atomic E-state index is 11.2. The molecule has 0 bridgehead atoms. The van der Waals surface area contributed by atoms with Gasteiger partial charge in [0.25, 0.3) is 0 Å². The van der Waals surface area contributed by atoms with E-state index in [1.165, 1.54) is 51.4 Å². The molecule has 24 heavy (non-hydrogen) atoms. The van der Waals surface area contributed by atoms with Crippen LogP contribution in [0.5, 0.6) is 0 Å². The van der Waals surface area contributed by atoms with E-state index in [0.717, 1.165) is 25.7 Å². The molecule has 0 radical (unpaired) electrons. The Morgan fingerprint density at radius 1 is 0.875 bits per heavy atom. The molecule has 1 unspecified atom stereocenters. The van der Waals surface area contributed by atoms with Crippen LogP contribution < -0.4 is 5.73 Å². The lowest BCUT2D eigenvalue weighted by Crippen LogP contribution is -2.27. The molecule has 0 spiro atoms. The Hall–Kier alpha value is -0.870. The van der Waals surface area contributed by atoms with Gasteiger partial charge in [-0.05, 0) is 32.1 Å². The first-order valence-electron chi connectivity index (χ1n) is 9.88. The van der Waals surface area contributed by atoms with Crippen LogP contribution in [0, 0.1) is 5.92 Å². The summed E-state index contributed by atoms with van der Waals surface area (Å²) >= 11 is 0. The molecule has 0 aliphatic rings. The van der Waals surface area contributed by atoms with Gasteiger partial charge in [0.2, 0.25) is 5.91 Å². The summed E-state index contributed by atoms with van der Waals surface area (Å²) in [5.41, 5.74) is 5.27. The Labute approximate surface area is 148 Å². The maximum atomic E-state index is 11.2. The predicted molar refractivity (Wildman–Crippen MR) is 100 cm³/mol. The van der Waals surface area contributed by atoms with Crippen LogP contribution in [0.4, 0.5) is 0 Å². The zero-order valence-corrected chi connectivity index (χ0v) is 15.6. The van der Waals surface area contributed by atoms with Gasteiger partial charge < -0.3 is 15.9 Å². The molecule has 0 heterocycles. The smallest absolute Gasteiger partial charge is 0.220 e. The van der Waals surface area contributed by atoms with E-state index in [9.17, 15) is 4.79 Å². The standard InChI is InChI=1S/C20H39NO3/c1-2-3-4-5-6-7-8-9-10-11-12-13-14-15-16-18(20(21)24)17-19(22)23/h9-10,18-19,22-23H,2-8,11-17H2,1H3,(H2,21,24)/b10-9-. The molecule has 0 aliphatic heterocycles. The second-order valence-electron chi connectivity index (χ2n) is 6.84. The number of allylic oxidation sites excluding steroid dienone is 2. The van der Waals surface area contributed by atoms with E-state index in [4.69, 9.17) is 15.9 Å². The lowest BCUT2D eigenvalue weighted by Gasteiger charge is -2.13. The van der Waals surface area contributed by atoms with Crippen LogP contribution in [0.2, 0.25) is 0 Å². The number of rotatable bonds is 17. The highest BCUT2D eigenvalue weighted by molar-refractivity contribution is 5.76. The maximum Gasteiger partial charge on any atom is 0.220 e. The Balaban J connectivity index is 3.40. The van der Waals surface area contributed by atoms with Crippen molar-refractivity contribution in [1.29, 1.82) is 0 Å². The van der Waals surface area contributed by atoms with Crippen molar-refractivity contribution < 1.29 is 15.0 Å². The van der Waals surface area contributed by atoms with Crippen molar-refractivity contribution in [2.24, 2.45) is 11.7 Å². The first-order valence-corrected chi connectivity index (χ1v) is 9.88. The fourth-order valence-electron chi connectivity index (χ4n) is 2.92. The summed E-state index contributed by atoms with van der Waals surface area (Å²) < 4.78 is 0. The van der Waals surface area contributed by atoms with Crippen LogP contribution in [0.25, 0.3) is 0 Å². The third kappa shape index (κ3) is 16.0. The van der Waals surface area contributed by atoms with Gasteiger partial charge in [0.05, 0.1) is 0 Å². The van der Waals surface area contributed by atoms with Gasteiger partial charge in [0.15, 0.2) is 6.29 Å². The quantitative estimate of drug-likeness (QED) is 0.208. The topological polar surface area (TPSA) is 83.6 Å². The summed E-state index contributed by atoms with van der Waals surface area (Å²) in [4.78, 5) is 11.2. The highest BCUT2D eigenvalue weighted by atomic mass is 16.5. The lowest BCUT2D eigenvalue weighted by molar-refractivity contribution is -0.126. The number of hydrogen-bond donors (Lipinski definition) is 3. The molecule has 0 aromatic rings. The molecule has 4 nitrogen and oxygen atoms in total. The molecule has 4 heteroatoms. The summed E-state index contributed by atoms with van der Waals surface area (Å²) in [6.07, 6.45) is 18.6. The SMILES string of the molecule is CCCCCCCC/C=C\CCCCCCC(CC(O)O)C(N)=O. The fourth-order valence-corrected chi connectivity index (χ4v) is 2.92. The van der Waals surface area contributed by atoms with E-state index in [1.807, 2.05) is 0 Å². The summed E-state index contributed by atoms with van der Waals surface area (Å²) in [6.45, 7) is 2.25. The van der Waals surface area contributed by atoms with E-state index in [-0.39, 0.29) is 6.42 Å². The molecule has 0 aromatic carbocycles. The summed E-state index contributed by atoms with van der Waals surface area (Å²) in [7, 11) is 0. The number of primary amides is 1. The van der Waals surface area contributed by atoms with Crippen LogP contribution in [0.1, 0.15) is 96.8 Å². The van der Waals surface area contributed by atoms with Crippen LogP contribution >= 0.6 is 0 Å². The van der Waals surface area contributed by atoms with E-state index in [0.29, 0.717) is 6.42 Å². The second kappa shape index (κ2) is 17.0. The highest BCUT2D eigenvalue weighted by Crippen LogP contribution is 2.16. The summed E-state index contributed by atoms with van der Waals surface area (Å²) in [6, 6.07) is 0. The molecule has 1 amide bonds. The zero-order valence-electron chi connectivity index (χ0n) is 15.6. The molecular formula is C20H39NO3. The van der Waals surface area contributed by atoms with E-state index < -0.39 is 18.1 Å². The Bertz CT molecular complexity index is 316. The van der Waals surface area contributed by atoms with Crippen LogP contribution in [0.15, 0.2) is 12.2 Å². The van der Waals surface area contributed by atoms with Crippen molar-refractivity contribution in [1.82, 2.24) is 0 Å². The van der Waals surface area contributed by atoms with Crippen LogP contribution in [-0.2, 0) is 4.79 Å². The van der Waals surface area contributed by atoms with Crippen molar-refractivity contribution in [2.75, 3.05) is 0 Å². The number of carbonyl (C=O) groups excluding carboxylic acids is 1. The van der Waals surface area contributed by atoms with Crippen LogP contribution in [-0.4, -0.2) is 22.4 Å². The second-order valence-corrected chi connectivity index (χ2v) is 6.84. The molecule has 0 saturated carbocycles. The van der Waals surface area contributed by atoms with Gasteiger partial charge in [-0.1, -0.05) is 70.4 Å². The number of unbranched alkanes of at least 4 members (excludes halogenated alkanes) is 10. The Morgan fingerprint density at radius 2 is 1.38 bits per heavy atom. The molecule has 4 N–H and O–H groups in total. The van der Waals surface area contributed by atoms with E-state index in [1.54, 1.807) is 0 Å². The normalized spacial score (nSPS) is 13.0.